The van der Waals surface area contributed by atoms with Crippen molar-refractivity contribution in [1.82, 2.24) is 10.3 Å². The van der Waals surface area contributed by atoms with Gasteiger partial charge >= 0.3 is 0 Å². The molecule has 1 saturated carbocycles. The average molecular weight is 291 g/mol. The molecule has 2 fully saturated rings. The highest BCUT2D eigenvalue weighted by atomic mass is 19.1. The lowest BCUT2D eigenvalue weighted by Crippen LogP contribution is -2.36. The second-order valence-electron chi connectivity index (χ2n) is 6.74. The highest BCUT2D eigenvalue weighted by Gasteiger charge is 2.37. The fourth-order valence-corrected chi connectivity index (χ4v) is 3.79. The number of nitrogens with zero attached hydrogens (tertiary/aromatic N) is 2. The molecule has 0 radical (unpaired) electrons. The lowest BCUT2D eigenvalue weighted by Gasteiger charge is -2.32. The third-order valence-corrected chi connectivity index (χ3v) is 4.93. The van der Waals surface area contributed by atoms with Crippen LogP contribution in [0.3, 0.4) is 0 Å². The van der Waals surface area contributed by atoms with Crippen molar-refractivity contribution in [2.45, 2.75) is 64.6 Å². The predicted molar refractivity (Wildman–Crippen MR) is 83.9 cm³/mol. The molecule has 1 aliphatic carbocycles. The van der Waals surface area contributed by atoms with Crippen LogP contribution in [0.5, 0.6) is 0 Å². The molecule has 2 unspecified atom stereocenters. The largest absolute Gasteiger partial charge is 0.351 e. The molecule has 1 N–H and O–H groups in total. The fraction of sp³-hybridized carbons (Fsp3) is 0.706. The number of hydrogen-bond donors (Lipinski definition) is 1. The smallest absolute Gasteiger partial charge is 0.170 e. The summed E-state index contributed by atoms with van der Waals surface area (Å²) in [5.41, 5.74) is 0.730. The first-order valence-electron chi connectivity index (χ1n) is 8.30. The van der Waals surface area contributed by atoms with E-state index in [0.29, 0.717) is 24.4 Å². The van der Waals surface area contributed by atoms with Crippen molar-refractivity contribution in [1.29, 1.82) is 0 Å². The van der Waals surface area contributed by atoms with E-state index < -0.39 is 0 Å². The molecule has 4 heteroatoms. The Morgan fingerprint density at radius 2 is 2.14 bits per heavy atom. The quantitative estimate of drug-likeness (QED) is 0.920. The summed E-state index contributed by atoms with van der Waals surface area (Å²) in [6.45, 7) is 5.68. The van der Waals surface area contributed by atoms with Gasteiger partial charge in [-0.2, -0.15) is 0 Å². The molecule has 116 valence electrons. The first-order valence-corrected chi connectivity index (χ1v) is 8.30. The summed E-state index contributed by atoms with van der Waals surface area (Å²) >= 11 is 0. The molecule has 1 aromatic heterocycles. The number of halogens is 1. The van der Waals surface area contributed by atoms with Crippen LogP contribution in [0.15, 0.2) is 12.3 Å². The van der Waals surface area contributed by atoms with Crippen molar-refractivity contribution in [2.24, 2.45) is 5.92 Å². The SMILES string of the molecule is CC(C)NCc1ccnc(N2CCC3CCCCC32)c1F. The summed E-state index contributed by atoms with van der Waals surface area (Å²) in [7, 11) is 0. The van der Waals surface area contributed by atoms with Crippen molar-refractivity contribution in [3.8, 4) is 0 Å². The highest BCUT2D eigenvalue weighted by molar-refractivity contribution is 5.45. The van der Waals surface area contributed by atoms with Crippen molar-refractivity contribution in [3.05, 3.63) is 23.6 Å². The summed E-state index contributed by atoms with van der Waals surface area (Å²) in [6, 6.07) is 2.66. The van der Waals surface area contributed by atoms with Gasteiger partial charge in [-0.3, -0.25) is 0 Å². The molecule has 3 rings (SSSR count). The number of anilines is 1. The Bertz CT molecular complexity index is 489. The van der Waals surface area contributed by atoms with Gasteiger partial charge in [-0.05, 0) is 31.2 Å². The summed E-state index contributed by atoms with van der Waals surface area (Å²) in [4.78, 5) is 6.60. The third-order valence-electron chi connectivity index (χ3n) is 4.93. The zero-order valence-corrected chi connectivity index (χ0v) is 13.1. The fourth-order valence-electron chi connectivity index (χ4n) is 3.79. The molecule has 3 nitrogen and oxygen atoms in total. The second kappa shape index (κ2) is 6.30. The maximum Gasteiger partial charge on any atom is 0.170 e. The van der Waals surface area contributed by atoms with E-state index in [4.69, 9.17) is 0 Å². The first-order chi connectivity index (χ1) is 10.2. The lowest BCUT2D eigenvalue weighted by molar-refractivity contribution is 0.340. The molecule has 1 saturated heterocycles. The van der Waals surface area contributed by atoms with Crippen LogP contribution in [0, 0.1) is 11.7 Å². The van der Waals surface area contributed by atoms with Crippen LogP contribution in [-0.4, -0.2) is 23.6 Å². The van der Waals surface area contributed by atoms with E-state index in [1.165, 1.54) is 32.1 Å². The third kappa shape index (κ3) is 3.05. The predicted octanol–water partition coefficient (Wildman–Crippen LogP) is 3.49. The van der Waals surface area contributed by atoms with Gasteiger partial charge in [0.05, 0.1) is 0 Å². The maximum absolute atomic E-state index is 14.8. The van der Waals surface area contributed by atoms with Crippen molar-refractivity contribution in [2.75, 3.05) is 11.4 Å². The minimum atomic E-state index is -0.128. The molecule has 0 bridgehead atoms. The van der Waals surface area contributed by atoms with Crippen LogP contribution >= 0.6 is 0 Å². The highest BCUT2D eigenvalue weighted by Crippen LogP contribution is 2.39. The van der Waals surface area contributed by atoms with Crippen LogP contribution in [0.4, 0.5) is 10.2 Å². The van der Waals surface area contributed by atoms with Crippen LogP contribution in [0.25, 0.3) is 0 Å². The van der Waals surface area contributed by atoms with Gasteiger partial charge in [0.25, 0.3) is 0 Å². The number of aromatic nitrogens is 1. The van der Waals surface area contributed by atoms with E-state index in [1.54, 1.807) is 12.3 Å². The Balaban J connectivity index is 1.80. The number of nitrogens with one attached hydrogen (secondary N) is 1. The molecule has 1 aromatic rings. The average Bonchev–Trinajstić information content (AvgIpc) is 2.90. The van der Waals surface area contributed by atoms with Gasteiger partial charge in [0.1, 0.15) is 0 Å². The Kier molecular flexibility index (Phi) is 4.43. The van der Waals surface area contributed by atoms with E-state index in [2.05, 4.69) is 29.0 Å². The number of hydrogen-bond acceptors (Lipinski definition) is 3. The normalized spacial score (nSPS) is 25.4. The van der Waals surface area contributed by atoms with Gasteiger partial charge in [0.2, 0.25) is 0 Å². The van der Waals surface area contributed by atoms with E-state index >= 15 is 0 Å². The van der Waals surface area contributed by atoms with Crippen molar-refractivity contribution < 1.29 is 4.39 Å². The van der Waals surface area contributed by atoms with Gasteiger partial charge < -0.3 is 10.2 Å². The zero-order chi connectivity index (χ0) is 14.8. The van der Waals surface area contributed by atoms with Gasteiger partial charge in [-0.1, -0.05) is 26.7 Å². The monoisotopic (exact) mass is 291 g/mol. The van der Waals surface area contributed by atoms with E-state index in [9.17, 15) is 4.39 Å². The Morgan fingerprint density at radius 3 is 2.95 bits per heavy atom. The number of pyridine rings is 1. The molecule has 2 aliphatic rings. The van der Waals surface area contributed by atoms with Gasteiger partial charge in [-0.25, -0.2) is 9.37 Å². The topological polar surface area (TPSA) is 28.2 Å². The molecule has 0 aromatic carbocycles. The van der Waals surface area contributed by atoms with Crippen molar-refractivity contribution >= 4 is 5.82 Å². The first kappa shape index (κ1) is 14.8. The Labute approximate surface area is 126 Å². The second-order valence-corrected chi connectivity index (χ2v) is 6.74. The van der Waals surface area contributed by atoms with Crippen LogP contribution in [0.1, 0.15) is 51.5 Å². The molecule has 0 spiro atoms. The van der Waals surface area contributed by atoms with E-state index in [0.717, 1.165) is 18.0 Å². The van der Waals surface area contributed by atoms with Crippen LogP contribution < -0.4 is 10.2 Å². The zero-order valence-electron chi connectivity index (χ0n) is 13.1. The van der Waals surface area contributed by atoms with Crippen LogP contribution in [0.2, 0.25) is 0 Å². The summed E-state index contributed by atoms with van der Waals surface area (Å²) in [5, 5.41) is 3.29. The van der Waals surface area contributed by atoms with Crippen molar-refractivity contribution in [3.63, 3.8) is 0 Å². The van der Waals surface area contributed by atoms with E-state index in [-0.39, 0.29) is 5.82 Å². The maximum atomic E-state index is 14.8. The Morgan fingerprint density at radius 1 is 1.33 bits per heavy atom. The van der Waals surface area contributed by atoms with Crippen LogP contribution in [-0.2, 0) is 6.54 Å². The number of fused-ring (bicyclic) bond motifs is 1. The molecular weight excluding hydrogens is 265 g/mol. The van der Waals surface area contributed by atoms with Gasteiger partial charge in [0.15, 0.2) is 11.6 Å². The minimum absolute atomic E-state index is 0.128. The lowest BCUT2D eigenvalue weighted by atomic mass is 9.85. The summed E-state index contributed by atoms with van der Waals surface area (Å²) < 4.78 is 14.8. The van der Waals surface area contributed by atoms with E-state index in [1.807, 2.05) is 0 Å². The molecule has 1 aliphatic heterocycles. The summed E-state index contributed by atoms with van der Waals surface area (Å²) in [5.74, 6) is 1.20. The minimum Gasteiger partial charge on any atom is -0.351 e. The van der Waals surface area contributed by atoms with Gasteiger partial charge in [-0.15, -0.1) is 0 Å². The summed E-state index contributed by atoms with van der Waals surface area (Å²) in [6.07, 6.45) is 8.06. The molecule has 2 atom stereocenters. The molecule has 2 heterocycles. The molecule has 0 amide bonds. The molecule has 21 heavy (non-hydrogen) atoms. The standard InChI is InChI=1S/C17H26FN3/c1-12(2)20-11-14-7-9-19-17(16(14)18)21-10-8-13-5-3-4-6-15(13)21/h7,9,12-13,15,20H,3-6,8,10-11H2,1-2H3. The van der Waals surface area contributed by atoms with Gasteiger partial charge in [0, 0.05) is 36.9 Å². The number of rotatable bonds is 4. The molecular formula is C17H26FN3. The Hall–Kier alpha value is -1.16.